The summed E-state index contributed by atoms with van der Waals surface area (Å²) in [6.45, 7) is 12.7. The fraction of sp³-hybridized carbons (Fsp3) is 0.588. The number of phenolic OH excluding ortho intramolecular Hbond substituents is 1. The van der Waals surface area contributed by atoms with E-state index >= 15 is 0 Å². The smallest absolute Gasteiger partial charge is 0.303 e. The van der Waals surface area contributed by atoms with Crippen molar-refractivity contribution >= 4 is 5.97 Å². The number of carboxylic acid groups (broad SMARTS) is 1. The minimum absolute atomic E-state index is 0.0795. The first-order chi connectivity index (χ1) is 8.93. The fourth-order valence-corrected chi connectivity index (χ4v) is 2.60. The summed E-state index contributed by atoms with van der Waals surface area (Å²) in [4.78, 5) is 10.8. The van der Waals surface area contributed by atoms with Crippen molar-refractivity contribution in [3.63, 3.8) is 0 Å². The van der Waals surface area contributed by atoms with E-state index in [0.29, 0.717) is 6.42 Å². The largest absolute Gasteiger partial charge is 0.508 e. The molecule has 1 rings (SSSR count). The van der Waals surface area contributed by atoms with Gasteiger partial charge in [0.05, 0.1) is 0 Å². The summed E-state index contributed by atoms with van der Waals surface area (Å²) in [6.07, 6.45) is 0.523. The van der Waals surface area contributed by atoms with Gasteiger partial charge in [0.2, 0.25) is 0 Å². The van der Waals surface area contributed by atoms with Crippen LogP contribution in [0.15, 0.2) is 12.1 Å². The van der Waals surface area contributed by atoms with Gasteiger partial charge in [0.25, 0.3) is 0 Å². The molecule has 1 aromatic rings. The second-order valence-corrected chi connectivity index (χ2v) is 7.42. The van der Waals surface area contributed by atoms with Crippen LogP contribution in [-0.2, 0) is 22.0 Å². The summed E-state index contributed by atoms with van der Waals surface area (Å²) in [7, 11) is 0. The third kappa shape index (κ3) is 3.99. The minimum atomic E-state index is -0.814. The zero-order valence-corrected chi connectivity index (χ0v) is 13.4. The molecular weight excluding hydrogens is 252 g/mol. The van der Waals surface area contributed by atoms with Gasteiger partial charge >= 0.3 is 5.97 Å². The first-order valence-corrected chi connectivity index (χ1v) is 7.01. The Morgan fingerprint density at radius 2 is 1.60 bits per heavy atom. The Morgan fingerprint density at radius 3 is 2.00 bits per heavy atom. The van der Waals surface area contributed by atoms with Crippen LogP contribution in [0.1, 0.15) is 64.7 Å². The SMILES string of the molecule is CC(C)(C)c1cc(O)cc(CCC(=O)O)c1C(C)(C)C. The van der Waals surface area contributed by atoms with Gasteiger partial charge in [-0.2, -0.15) is 0 Å². The van der Waals surface area contributed by atoms with E-state index in [1.807, 2.05) is 6.07 Å². The van der Waals surface area contributed by atoms with Gasteiger partial charge in [-0.1, -0.05) is 41.5 Å². The summed E-state index contributed by atoms with van der Waals surface area (Å²) < 4.78 is 0. The number of hydrogen-bond acceptors (Lipinski definition) is 2. The Morgan fingerprint density at radius 1 is 1.05 bits per heavy atom. The quantitative estimate of drug-likeness (QED) is 0.878. The number of benzene rings is 1. The van der Waals surface area contributed by atoms with Crippen LogP contribution in [0.5, 0.6) is 5.75 Å². The molecule has 0 spiro atoms. The molecule has 1 aromatic carbocycles. The molecule has 20 heavy (non-hydrogen) atoms. The molecule has 3 heteroatoms. The number of aryl methyl sites for hydroxylation is 1. The number of aromatic hydroxyl groups is 1. The van der Waals surface area contributed by atoms with Gasteiger partial charge < -0.3 is 10.2 Å². The fourth-order valence-electron chi connectivity index (χ4n) is 2.60. The number of carbonyl (C=O) groups is 1. The van der Waals surface area contributed by atoms with E-state index in [2.05, 4.69) is 41.5 Å². The lowest BCUT2D eigenvalue weighted by Crippen LogP contribution is -2.24. The molecule has 0 heterocycles. The van der Waals surface area contributed by atoms with Gasteiger partial charge in [-0.15, -0.1) is 0 Å². The zero-order chi connectivity index (χ0) is 15.7. The van der Waals surface area contributed by atoms with Gasteiger partial charge in [-0.3, -0.25) is 4.79 Å². The van der Waals surface area contributed by atoms with E-state index in [9.17, 15) is 9.90 Å². The molecule has 0 aromatic heterocycles. The molecule has 0 saturated carbocycles. The number of hydrogen-bond donors (Lipinski definition) is 2. The number of aliphatic carboxylic acids is 1. The molecule has 0 aliphatic rings. The Bertz CT molecular complexity index is 502. The van der Waals surface area contributed by atoms with Crippen LogP contribution in [0.3, 0.4) is 0 Å². The van der Waals surface area contributed by atoms with Crippen molar-refractivity contribution in [2.45, 2.75) is 65.2 Å². The predicted molar refractivity (Wildman–Crippen MR) is 81.5 cm³/mol. The van der Waals surface area contributed by atoms with Gasteiger partial charge in [-0.25, -0.2) is 0 Å². The molecular formula is C17H26O3. The van der Waals surface area contributed by atoms with Crippen LogP contribution in [0, 0.1) is 0 Å². The number of phenols is 1. The van der Waals surface area contributed by atoms with Crippen LogP contribution in [0.4, 0.5) is 0 Å². The van der Waals surface area contributed by atoms with Gasteiger partial charge in [0.15, 0.2) is 0 Å². The van der Waals surface area contributed by atoms with E-state index in [1.165, 1.54) is 0 Å². The molecule has 0 atom stereocenters. The van der Waals surface area contributed by atoms with E-state index in [4.69, 9.17) is 5.11 Å². The second-order valence-electron chi connectivity index (χ2n) is 7.42. The monoisotopic (exact) mass is 278 g/mol. The van der Waals surface area contributed by atoms with Crippen molar-refractivity contribution in [2.75, 3.05) is 0 Å². The predicted octanol–water partition coefficient (Wildman–Crippen LogP) is 4.00. The minimum Gasteiger partial charge on any atom is -0.508 e. The first-order valence-electron chi connectivity index (χ1n) is 7.01. The third-order valence-corrected chi connectivity index (χ3v) is 3.37. The lowest BCUT2D eigenvalue weighted by molar-refractivity contribution is -0.136. The molecule has 0 radical (unpaired) electrons. The maximum atomic E-state index is 10.8. The van der Waals surface area contributed by atoms with E-state index < -0.39 is 5.97 Å². The average Bonchev–Trinajstić information content (AvgIpc) is 2.22. The summed E-state index contributed by atoms with van der Waals surface area (Å²) >= 11 is 0. The Labute approximate surface area is 121 Å². The lowest BCUT2D eigenvalue weighted by Gasteiger charge is -2.32. The molecule has 0 bridgehead atoms. The normalized spacial score (nSPS) is 12.5. The number of carboxylic acids is 1. The van der Waals surface area contributed by atoms with Crippen molar-refractivity contribution in [3.05, 3.63) is 28.8 Å². The highest BCUT2D eigenvalue weighted by Crippen LogP contribution is 2.39. The van der Waals surface area contributed by atoms with Crippen LogP contribution in [0.2, 0.25) is 0 Å². The summed E-state index contributed by atoms with van der Waals surface area (Å²) in [5, 5.41) is 18.9. The highest BCUT2D eigenvalue weighted by atomic mass is 16.4. The third-order valence-electron chi connectivity index (χ3n) is 3.37. The summed E-state index contributed by atoms with van der Waals surface area (Å²) in [5.74, 6) is -0.603. The molecule has 0 aliphatic carbocycles. The van der Waals surface area contributed by atoms with E-state index in [0.717, 1.165) is 16.7 Å². The Balaban J connectivity index is 3.49. The van der Waals surface area contributed by atoms with Crippen LogP contribution >= 0.6 is 0 Å². The molecule has 0 unspecified atom stereocenters. The molecule has 112 valence electrons. The standard InChI is InChI=1S/C17H26O3/c1-16(2,3)13-10-12(18)9-11(7-8-14(19)20)15(13)17(4,5)6/h9-10,18H,7-8H2,1-6H3,(H,19,20). The Hall–Kier alpha value is -1.51. The molecule has 0 amide bonds. The van der Waals surface area contributed by atoms with Crippen LogP contribution < -0.4 is 0 Å². The van der Waals surface area contributed by atoms with E-state index in [1.54, 1.807) is 6.07 Å². The maximum Gasteiger partial charge on any atom is 0.303 e. The lowest BCUT2D eigenvalue weighted by atomic mass is 9.72. The van der Waals surface area contributed by atoms with Gasteiger partial charge in [0, 0.05) is 6.42 Å². The van der Waals surface area contributed by atoms with Gasteiger partial charge in [-0.05, 0) is 46.1 Å². The highest BCUT2D eigenvalue weighted by molar-refractivity contribution is 5.67. The Kier molecular flexibility index (Phi) is 4.52. The topological polar surface area (TPSA) is 57.5 Å². The first kappa shape index (κ1) is 16.5. The molecule has 0 saturated heterocycles. The second kappa shape index (κ2) is 5.47. The average molecular weight is 278 g/mol. The van der Waals surface area contributed by atoms with Crippen molar-refractivity contribution in [2.24, 2.45) is 0 Å². The highest BCUT2D eigenvalue weighted by Gasteiger charge is 2.28. The summed E-state index contributed by atoms with van der Waals surface area (Å²) in [6, 6.07) is 3.52. The van der Waals surface area contributed by atoms with Gasteiger partial charge in [0.1, 0.15) is 5.75 Å². The molecule has 3 nitrogen and oxygen atoms in total. The van der Waals surface area contributed by atoms with E-state index in [-0.39, 0.29) is 23.0 Å². The van der Waals surface area contributed by atoms with Crippen molar-refractivity contribution in [3.8, 4) is 5.75 Å². The van der Waals surface area contributed by atoms with Crippen LogP contribution in [-0.4, -0.2) is 16.2 Å². The summed E-state index contributed by atoms with van der Waals surface area (Å²) in [5.41, 5.74) is 2.99. The molecule has 0 fully saturated rings. The van der Waals surface area contributed by atoms with Crippen molar-refractivity contribution < 1.29 is 15.0 Å². The van der Waals surface area contributed by atoms with Crippen molar-refractivity contribution in [1.82, 2.24) is 0 Å². The molecule has 0 aliphatic heterocycles. The van der Waals surface area contributed by atoms with Crippen molar-refractivity contribution in [1.29, 1.82) is 0 Å². The maximum absolute atomic E-state index is 10.8. The molecule has 2 N–H and O–H groups in total. The zero-order valence-electron chi connectivity index (χ0n) is 13.4. The number of rotatable bonds is 3. The van der Waals surface area contributed by atoms with Crippen LogP contribution in [0.25, 0.3) is 0 Å².